The maximum atomic E-state index is 5.06. The van der Waals surface area contributed by atoms with Crippen molar-refractivity contribution in [1.82, 2.24) is 0 Å². The van der Waals surface area contributed by atoms with E-state index in [1.807, 2.05) is 0 Å². The van der Waals surface area contributed by atoms with Gasteiger partial charge in [0, 0.05) is 0 Å². The lowest BCUT2D eigenvalue weighted by Gasteiger charge is -1.93. The molecule has 4 fully saturated rings. The molecule has 0 N–H and O–H groups in total. The minimum atomic E-state index is -0.292. The van der Waals surface area contributed by atoms with E-state index < -0.39 is 0 Å². The van der Waals surface area contributed by atoms with Crippen LogP contribution in [0, 0.1) is 0 Å². The summed E-state index contributed by atoms with van der Waals surface area (Å²) in [5, 5.41) is 0. The molecule has 0 aromatic heterocycles. The van der Waals surface area contributed by atoms with Crippen LogP contribution in [-0.2, 0) is 14.2 Å². The van der Waals surface area contributed by atoms with Crippen LogP contribution < -0.4 is 0 Å². The molecule has 4 bridgehead atoms. The normalized spacial score (nSPS) is 72.0. The Morgan fingerprint density at radius 3 is 1.29 bits per heavy atom. The van der Waals surface area contributed by atoms with Crippen LogP contribution in [0.25, 0.3) is 0 Å². The summed E-state index contributed by atoms with van der Waals surface area (Å²) in [6.07, 6.45) is 0.931. The third kappa shape index (κ3) is 0.185. The quantitative estimate of drug-likeness (QED) is 0.409. The molecular weight excluding hydrogens is 96.0 g/mol. The lowest BCUT2D eigenvalue weighted by atomic mass is 10.8. The van der Waals surface area contributed by atoms with Gasteiger partial charge < -0.3 is 14.2 Å². The van der Waals surface area contributed by atoms with Crippen molar-refractivity contribution in [3.8, 4) is 0 Å². The van der Waals surface area contributed by atoms with Crippen LogP contribution in [0.15, 0.2) is 0 Å². The fraction of sp³-hybridized carbons (Fsp3) is 1.00. The van der Waals surface area contributed by atoms with E-state index in [1.165, 1.54) is 0 Å². The molecule has 1 saturated carbocycles. The molecule has 3 heteroatoms. The van der Waals surface area contributed by atoms with Crippen LogP contribution in [0.2, 0.25) is 0 Å². The van der Waals surface area contributed by atoms with Crippen LogP contribution in [-0.4, -0.2) is 24.8 Å². The summed E-state index contributed by atoms with van der Waals surface area (Å²) in [6, 6.07) is 0. The number of ether oxygens (including phenoxy) is 3. The van der Waals surface area contributed by atoms with Crippen LogP contribution in [0.1, 0.15) is 0 Å². The molecule has 3 aliphatic heterocycles. The van der Waals surface area contributed by atoms with E-state index in [4.69, 9.17) is 14.2 Å². The number of rotatable bonds is 0. The Bertz CT molecular complexity index is 94.3. The van der Waals surface area contributed by atoms with Crippen molar-refractivity contribution in [3.05, 3.63) is 0 Å². The van der Waals surface area contributed by atoms with Gasteiger partial charge in [-0.1, -0.05) is 0 Å². The van der Waals surface area contributed by atoms with Gasteiger partial charge in [0.05, 0.1) is 0 Å². The van der Waals surface area contributed by atoms with Crippen molar-refractivity contribution >= 4 is 0 Å². The molecule has 3 heterocycles. The molecule has 7 heavy (non-hydrogen) atoms. The van der Waals surface area contributed by atoms with Gasteiger partial charge in [-0.05, 0) is 0 Å². The maximum Gasteiger partial charge on any atom is 0.272 e. The number of hydrogen-bond donors (Lipinski definition) is 0. The van der Waals surface area contributed by atoms with E-state index in [0.29, 0.717) is 18.3 Å². The second-order valence-electron chi connectivity index (χ2n) is 2.09. The molecule has 0 unspecified atom stereocenters. The monoisotopic (exact) mass is 100 g/mol. The fourth-order valence-electron chi connectivity index (χ4n) is 1.18. The maximum absolute atomic E-state index is 5.06. The first-order chi connectivity index (χ1) is 3.45. The molecule has 3 nitrogen and oxygen atoms in total. The fourth-order valence-corrected chi connectivity index (χ4v) is 1.18. The van der Waals surface area contributed by atoms with E-state index >= 15 is 0 Å². The van der Waals surface area contributed by atoms with Crippen LogP contribution in [0.4, 0.5) is 0 Å². The van der Waals surface area contributed by atoms with Gasteiger partial charge >= 0.3 is 0 Å². The summed E-state index contributed by atoms with van der Waals surface area (Å²) < 4.78 is 15.2. The molecule has 0 radical (unpaired) electrons. The van der Waals surface area contributed by atoms with Gasteiger partial charge in [-0.15, -0.1) is 0 Å². The second kappa shape index (κ2) is 0.632. The molecular formula is C4H4O3. The highest BCUT2D eigenvalue weighted by molar-refractivity contribution is 5.10. The van der Waals surface area contributed by atoms with Gasteiger partial charge in [0.15, 0.2) is 0 Å². The molecule has 0 aromatic carbocycles. The first-order valence-corrected chi connectivity index (χ1v) is 2.41. The molecule has 1 aliphatic carbocycles. The zero-order valence-electron chi connectivity index (χ0n) is 3.53. The van der Waals surface area contributed by atoms with Crippen LogP contribution in [0.3, 0.4) is 0 Å². The molecule has 38 valence electrons. The highest BCUT2D eigenvalue weighted by atomic mass is 17.0. The largest absolute Gasteiger partial charge is 0.321 e. The molecule has 0 atom stereocenters. The van der Waals surface area contributed by atoms with Gasteiger partial charge in [-0.25, -0.2) is 0 Å². The standard InChI is InChI=1S/C4H4O3/c5-1-2-3(1)7-4(5)6-2/h1-4H. The van der Waals surface area contributed by atoms with Gasteiger partial charge in [-0.2, -0.15) is 0 Å². The Hall–Kier alpha value is -0.120. The van der Waals surface area contributed by atoms with Gasteiger partial charge in [0.1, 0.15) is 18.3 Å². The summed E-state index contributed by atoms with van der Waals surface area (Å²) in [5.41, 5.74) is 0. The lowest BCUT2D eigenvalue weighted by Crippen LogP contribution is -2.00. The molecule has 0 amide bonds. The zero-order valence-corrected chi connectivity index (χ0v) is 3.53. The smallest absolute Gasteiger partial charge is 0.272 e. The lowest BCUT2D eigenvalue weighted by molar-refractivity contribution is -0.157. The molecule has 0 aromatic rings. The summed E-state index contributed by atoms with van der Waals surface area (Å²) in [5.74, 6) is 0. The van der Waals surface area contributed by atoms with Crippen molar-refractivity contribution in [2.45, 2.75) is 24.8 Å². The van der Waals surface area contributed by atoms with Crippen LogP contribution >= 0.6 is 0 Å². The van der Waals surface area contributed by atoms with E-state index in [2.05, 4.69) is 0 Å². The highest BCUT2D eigenvalue weighted by Crippen LogP contribution is 2.49. The van der Waals surface area contributed by atoms with Gasteiger partial charge in [-0.3, -0.25) is 0 Å². The van der Waals surface area contributed by atoms with Gasteiger partial charge in [0.25, 0.3) is 6.48 Å². The third-order valence-corrected chi connectivity index (χ3v) is 1.64. The Morgan fingerprint density at radius 2 is 1.14 bits per heavy atom. The van der Waals surface area contributed by atoms with Crippen molar-refractivity contribution in [3.63, 3.8) is 0 Å². The molecule has 4 rings (SSSR count). The average molecular weight is 100 g/mol. The van der Waals surface area contributed by atoms with E-state index in [9.17, 15) is 0 Å². The third-order valence-electron chi connectivity index (χ3n) is 1.64. The summed E-state index contributed by atoms with van der Waals surface area (Å²) in [4.78, 5) is 0. The second-order valence-corrected chi connectivity index (χ2v) is 2.09. The van der Waals surface area contributed by atoms with E-state index in [-0.39, 0.29) is 6.48 Å². The Balaban J connectivity index is 2.17. The number of hydrogen-bond acceptors (Lipinski definition) is 3. The molecule has 3 saturated heterocycles. The van der Waals surface area contributed by atoms with Crippen molar-refractivity contribution in [2.75, 3.05) is 0 Å². The average Bonchev–Trinajstić information content (AvgIpc) is 2.10. The highest BCUT2D eigenvalue weighted by Gasteiger charge is 2.69. The van der Waals surface area contributed by atoms with Crippen molar-refractivity contribution in [1.29, 1.82) is 0 Å². The topological polar surface area (TPSA) is 27.7 Å². The first-order valence-electron chi connectivity index (χ1n) is 2.41. The zero-order chi connectivity index (χ0) is 4.43. The van der Waals surface area contributed by atoms with Crippen molar-refractivity contribution < 1.29 is 14.2 Å². The summed E-state index contributed by atoms with van der Waals surface area (Å²) >= 11 is 0. The Labute approximate surface area is 40.2 Å². The summed E-state index contributed by atoms with van der Waals surface area (Å²) in [7, 11) is 0. The molecule has 4 aliphatic rings. The minimum Gasteiger partial charge on any atom is -0.321 e. The van der Waals surface area contributed by atoms with Crippen molar-refractivity contribution in [2.24, 2.45) is 0 Å². The van der Waals surface area contributed by atoms with E-state index in [1.54, 1.807) is 0 Å². The summed E-state index contributed by atoms with van der Waals surface area (Å²) in [6.45, 7) is -0.292. The Kier molecular flexibility index (Phi) is 0.273. The molecule has 0 spiro atoms. The SMILES string of the molecule is O1C2OC3C1C3O2. The first kappa shape index (κ1) is 3.02. The van der Waals surface area contributed by atoms with Gasteiger partial charge in [0.2, 0.25) is 0 Å². The minimum absolute atomic E-state index is 0.292. The predicted octanol–water partition coefficient (Wildman–Crippen LogP) is -0.534. The van der Waals surface area contributed by atoms with Crippen LogP contribution in [0.5, 0.6) is 0 Å². The van der Waals surface area contributed by atoms with E-state index in [0.717, 1.165) is 0 Å². The predicted molar refractivity (Wildman–Crippen MR) is 18.4 cm³/mol. The Morgan fingerprint density at radius 1 is 0.714 bits per heavy atom.